The third-order valence-corrected chi connectivity index (χ3v) is 8.13. The molecule has 232 valence electrons. The molecule has 0 atom stereocenters. The predicted molar refractivity (Wildman–Crippen MR) is 170 cm³/mol. The largest absolute Gasteiger partial charge is 0.493 e. The van der Waals surface area contributed by atoms with E-state index in [2.05, 4.69) is 73.4 Å². The van der Waals surface area contributed by atoms with Gasteiger partial charge in [0.25, 0.3) is 0 Å². The first kappa shape index (κ1) is 31.1. The molecule has 8 heteroatoms. The Morgan fingerprint density at radius 3 is 2.30 bits per heavy atom. The summed E-state index contributed by atoms with van der Waals surface area (Å²) in [5.41, 5.74) is 5.51. The number of rotatable bonds is 15. The number of morpholine rings is 1. The number of hydrogen-bond donors (Lipinski definition) is 1. The van der Waals surface area contributed by atoms with Crippen molar-refractivity contribution in [3.05, 3.63) is 47.5 Å². The van der Waals surface area contributed by atoms with Gasteiger partial charge in [0.1, 0.15) is 17.2 Å². The maximum Gasteiger partial charge on any atom is 0.239 e. The Kier molecular flexibility index (Phi) is 10.8. The molecule has 0 radical (unpaired) electrons. The number of unbranched alkanes of at least 4 members (excludes halogenated alkanes) is 2. The minimum absolute atomic E-state index is 0.0187. The molecule has 2 aromatic carbocycles. The maximum atomic E-state index is 12.9. The number of nitrogens with one attached hydrogen (secondary N) is 1. The van der Waals surface area contributed by atoms with Crippen molar-refractivity contribution in [2.24, 2.45) is 5.92 Å². The smallest absolute Gasteiger partial charge is 0.239 e. The van der Waals surface area contributed by atoms with E-state index in [1.54, 1.807) is 0 Å². The lowest BCUT2D eigenvalue weighted by atomic mass is 9.94. The number of carbonyl (C=O) groups is 1. The SMILES string of the molecule is CCCCOc1cc(OCCCC)c(C(C)C)cc1-c1noc(NC(=O)C2CC2)c1-c1ccc(CN2CCOCC2)cc1. The third kappa shape index (κ3) is 7.98. The molecule has 2 fully saturated rings. The van der Waals surface area contributed by atoms with Crippen LogP contribution in [0.4, 0.5) is 5.88 Å². The number of hydrogen-bond acceptors (Lipinski definition) is 7. The van der Waals surface area contributed by atoms with E-state index in [0.29, 0.717) is 30.5 Å². The lowest BCUT2D eigenvalue weighted by molar-refractivity contribution is -0.117. The van der Waals surface area contributed by atoms with Gasteiger partial charge in [-0.15, -0.1) is 0 Å². The minimum atomic E-state index is -0.0187. The predicted octanol–water partition coefficient (Wildman–Crippen LogP) is 7.67. The van der Waals surface area contributed by atoms with Crippen LogP contribution in [-0.2, 0) is 16.1 Å². The van der Waals surface area contributed by atoms with Gasteiger partial charge in [0.15, 0.2) is 0 Å². The standard InChI is InChI=1S/C35H47N3O5/c1-5-7-17-41-30-22-31(42-18-8-6-2)29(21-28(30)24(3)4)33-32(35(43-37-33)36-34(39)27-13-14-27)26-11-9-25(10-12-26)23-38-15-19-40-20-16-38/h9-12,21-22,24,27H,5-8,13-20,23H2,1-4H3,(H,36,39). The van der Waals surface area contributed by atoms with Crippen molar-refractivity contribution in [2.45, 2.75) is 78.7 Å². The van der Waals surface area contributed by atoms with Crippen molar-refractivity contribution in [3.63, 3.8) is 0 Å². The molecule has 1 saturated carbocycles. The van der Waals surface area contributed by atoms with Crippen LogP contribution >= 0.6 is 0 Å². The zero-order chi connectivity index (χ0) is 30.2. The molecule has 1 saturated heterocycles. The lowest BCUT2D eigenvalue weighted by Crippen LogP contribution is -2.35. The van der Waals surface area contributed by atoms with Gasteiger partial charge in [-0.2, -0.15) is 0 Å². The Morgan fingerprint density at radius 2 is 1.67 bits per heavy atom. The molecule has 8 nitrogen and oxygen atoms in total. The molecule has 1 aliphatic heterocycles. The van der Waals surface area contributed by atoms with Crippen LogP contribution in [0.3, 0.4) is 0 Å². The van der Waals surface area contributed by atoms with Crippen LogP contribution in [0, 0.1) is 5.92 Å². The van der Waals surface area contributed by atoms with E-state index in [-0.39, 0.29) is 17.7 Å². The summed E-state index contributed by atoms with van der Waals surface area (Å²) in [5, 5.41) is 7.61. The lowest BCUT2D eigenvalue weighted by Gasteiger charge is -2.26. The van der Waals surface area contributed by atoms with E-state index in [9.17, 15) is 4.79 Å². The molecule has 0 bridgehead atoms. The van der Waals surface area contributed by atoms with Gasteiger partial charge >= 0.3 is 0 Å². The number of benzene rings is 2. The first-order valence-corrected chi connectivity index (χ1v) is 16.1. The van der Waals surface area contributed by atoms with Gasteiger partial charge in [-0.25, -0.2) is 0 Å². The average molecular weight is 590 g/mol. The molecule has 1 amide bonds. The normalized spacial score (nSPS) is 15.6. The summed E-state index contributed by atoms with van der Waals surface area (Å²) >= 11 is 0. The highest BCUT2D eigenvalue weighted by Gasteiger charge is 2.32. The summed E-state index contributed by atoms with van der Waals surface area (Å²) in [6.07, 6.45) is 5.84. The number of nitrogens with zero attached hydrogens (tertiary/aromatic N) is 2. The van der Waals surface area contributed by atoms with Crippen LogP contribution in [0.1, 0.15) is 83.3 Å². The summed E-state index contributed by atoms with van der Waals surface area (Å²) in [7, 11) is 0. The van der Waals surface area contributed by atoms with Crippen molar-refractivity contribution >= 4 is 11.8 Å². The zero-order valence-corrected chi connectivity index (χ0v) is 26.2. The van der Waals surface area contributed by atoms with Crippen LogP contribution in [0.15, 0.2) is 40.9 Å². The topological polar surface area (TPSA) is 86.1 Å². The molecule has 2 aliphatic rings. The number of ether oxygens (including phenoxy) is 3. The van der Waals surface area contributed by atoms with E-state index in [1.807, 2.05) is 6.07 Å². The Balaban J connectivity index is 1.55. The second kappa shape index (κ2) is 14.9. The van der Waals surface area contributed by atoms with Crippen LogP contribution in [0.2, 0.25) is 0 Å². The molecule has 5 rings (SSSR count). The van der Waals surface area contributed by atoms with Crippen molar-refractivity contribution < 1.29 is 23.5 Å². The number of amides is 1. The molecular weight excluding hydrogens is 542 g/mol. The zero-order valence-electron chi connectivity index (χ0n) is 26.2. The van der Waals surface area contributed by atoms with E-state index >= 15 is 0 Å². The van der Waals surface area contributed by atoms with E-state index in [4.69, 9.17) is 18.7 Å². The summed E-state index contributed by atoms with van der Waals surface area (Å²) in [6.45, 7) is 14.2. The third-order valence-electron chi connectivity index (χ3n) is 8.13. The highest BCUT2D eigenvalue weighted by molar-refractivity contribution is 5.99. The fraction of sp³-hybridized carbons (Fsp3) is 0.543. The van der Waals surface area contributed by atoms with Gasteiger partial charge in [-0.3, -0.25) is 15.0 Å². The van der Waals surface area contributed by atoms with E-state index in [0.717, 1.165) is 99.4 Å². The molecular formula is C35H47N3O5. The summed E-state index contributed by atoms with van der Waals surface area (Å²) in [6, 6.07) is 12.6. The van der Waals surface area contributed by atoms with Crippen molar-refractivity contribution in [1.82, 2.24) is 10.1 Å². The molecule has 3 aromatic rings. The van der Waals surface area contributed by atoms with Gasteiger partial charge in [-0.1, -0.05) is 70.0 Å². The summed E-state index contributed by atoms with van der Waals surface area (Å²) in [4.78, 5) is 15.3. The molecule has 0 spiro atoms. The van der Waals surface area contributed by atoms with Crippen LogP contribution < -0.4 is 14.8 Å². The van der Waals surface area contributed by atoms with Gasteiger partial charge in [0.05, 0.1) is 32.0 Å². The highest BCUT2D eigenvalue weighted by Crippen LogP contribution is 2.45. The first-order chi connectivity index (χ1) is 21.0. The number of carbonyl (C=O) groups excluding carboxylic acids is 1. The minimum Gasteiger partial charge on any atom is -0.493 e. The number of aromatic nitrogens is 1. The Morgan fingerprint density at radius 1 is 1.00 bits per heavy atom. The van der Waals surface area contributed by atoms with Crippen molar-refractivity contribution in [1.29, 1.82) is 0 Å². The highest BCUT2D eigenvalue weighted by atomic mass is 16.5. The van der Waals surface area contributed by atoms with Gasteiger partial charge < -0.3 is 18.7 Å². The Hall–Kier alpha value is -3.36. The van der Waals surface area contributed by atoms with Crippen molar-refractivity contribution in [3.8, 4) is 33.9 Å². The molecule has 0 unspecified atom stereocenters. The fourth-order valence-corrected chi connectivity index (χ4v) is 5.29. The monoisotopic (exact) mass is 589 g/mol. The molecule has 2 heterocycles. The summed E-state index contributed by atoms with van der Waals surface area (Å²) in [5.74, 6) is 2.18. The Bertz CT molecular complexity index is 1340. The molecule has 1 N–H and O–H groups in total. The maximum absolute atomic E-state index is 12.9. The van der Waals surface area contributed by atoms with Gasteiger partial charge in [0, 0.05) is 37.2 Å². The van der Waals surface area contributed by atoms with Gasteiger partial charge in [-0.05, 0) is 54.4 Å². The Labute approximate surface area is 256 Å². The van der Waals surface area contributed by atoms with Crippen LogP contribution in [0.25, 0.3) is 22.4 Å². The second-order valence-corrected chi connectivity index (χ2v) is 12.0. The second-order valence-electron chi connectivity index (χ2n) is 12.0. The fourth-order valence-electron chi connectivity index (χ4n) is 5.29. The molecule has 1 aromatic heterocycles. The van der Waals surface area contributed by atoms with E-state index in [1.165, 1.54) is 5.56 Å². The molecule has 43 heavy (non-hydrogen) atoms. The quantitative estimate of drug-likeness (QED) is 0.182. The summed E-state index contributed by atoms with van der Waals surface area (Å²) < 4.78 is 24.1. The van der Waals surface area contributed by atoms with Crippen molar-refractivity contribution in [2.75, 3.05) is 44.8 Å². The van der Waals surface area contributed by atoms with Crippen LogP contribution in [-0.4, -0.2) is 55.5 Å². The van der Waals surface area contributed by atoms with Crippen LogP contribution in [0.5, 0.6) is 11.5 Å². The van der Waals surface area contributed by atoms with E-state index < -0.39 is 0 Å². The average Bonchev–Trinajstić information content (AvgIpc) is 3.79. The van der Waals surface area contributed by atoms with Gasteiger partial charge in [0.2, 0.25) is 11.8 Å². The number of anilines is 1. The first-order valence-electron chi connectivity index (χ1n) is 16.1. The molecule has 1 aliphatic carbocycles.